The number of anilines is 4. The number of carbonyl (C=O) groups excluding carboxylic acids is 2. The van der Waals surface area contributed by atoms with E-state index in [9.17, 15) is 18.4 Å². The van der Waals surface area contributed by atoms with Gasteiger partial charge in [-0.25, -0.2) is 18.6 Å². The molecule has 0 fully saturated rings. The Labute approximate surface area is 209 Å². The summed E-state index contributed by atoms with van der Waals surface area (Å²) in [5.74, 6) is -0.494. The van der Waals surface area contributed by atoms with Crippen molar-refractivity contribution >= 4 is 47.0 Å². The van der Waals surface area contributed by atoms with Crippen LogP contribution < -0.4 is 20.9 Å². The minimum atomic E-state index is -0.705. The van der Waals surface area contributed by atoms with Crippen LogP contribution in [0.5, 0.6) is 0 Å². The molecule has 36 heavy (non-hydrogen) atoms. The Hall–Kier alpha value is -4.27. The van der Waals surface area contributed by atoms with E-state index < -0.39 is 17.7 Å². The molecule has 0 saturated carbocycles. The summed E-state index contributed by atoms with van der Waals surface area (Å²) < 4.78 is 28.1. The fourth-order valence-electron chi connectivity index (χ4n) is 3.74. The van der Waals surface area contributed by atoms with Gasteiger partial charge in [0.1, 0.15) is 17.5 Å². The Balaban J connectivity index is 1.95. The van der Waals surface area contributed by atoms with Gasteiger partial charge in [0.15, 0.2) is 0 Å². The lowest BCUT2D eigenvalue weighted by atomic mass is 9.98. The standard InChI is InChI=1S/C27H29F2N5O2/c1-16(2)34(15-35)25-13-26(30-5)31-14-19(25)9-17(3)22-12-24(23(29)10-18(22)4)33-27(36)32-21-8-6-7-20(28)11-21/h6-16H,1-5H3,(H,30,31)(H2,32,33,36)/b17-9+. The summed E-state index contributed by atoms with van der Waals surface area (Å²) in [4.78, 5) is 30.2. The van der Waals surface area contributed by atoms with Crippen molar-refractivity contribution in [2.24, 2.45) is 0 Å². The first-order valence-corrected chi connectivity index (χ1v) is 11.4. The molecule has 0 atom stereocenters. The summed E-state index contributed by atoms with van der Waals surface area (Å²) in [5, 5.41) is 7.94. The Morgan fingerprint density at radius 2 is 1.86 bits per heavy atom. The molecule has 3 rings (SSSR count). The van der Waals surface area contributed by atoms with Crippen molar-refractivity contribution in [3.05, 3.63) is 77.0 Å². The Bertz CT molecular complexity index is 1310. The lowest BCUT2D eigenvalue weighted by Crippen LogP contribution is -2.29. The Kier molecular flexibility index (Phi) is 8.37. The van der Waals surface area contributed by atoms with Gasteiger partial charge in [0.05, 0.1) is 11.4 Å². The van der Waals surface area contributed by atoms with Gasteiger partial charge in [0.25, 0.3) is 0 Å². The number of amides is 3. The van der Waals surface area contributed by atoms with Gasteiger partial charge in [0, 0.05) is 36.6 Å². The van der Waals surface area contributed by atoms with Crippen LogP contribution in [0.25, 0.3) is 11.6 Å². The van der Waals surface area contributed by atoms with Gasteiger partial charge >= 0.3 is 6.03 Å². The predicted octanol–water partition coefficient (Wildman–Crippen LogP) is 6.29. The monoisotopic (exact) mass is 493 g/mol. The number of hydrogen-bond donors (Lipinski definition) is 3. The first-order valence-electron chi connectivity index (χ1n) is 11.4. The van der Waals surface area contributed by atoms with Crippen LogP contribution in [0.4, 0.5) is 36.5 Å². The third-order valence-corrected chi connectivity index (χ3v) is 5.56. The van der Waals surface area contributed by atoms with Crippen molar-refractivity contribution in [2.45, 2.75) is 33.7 Å². The molecule has 0 spiro atoms. The van der Waals surface area contributed by atoms with Gasteiger partial charge in [-0.1, -0.05) is 6.07 Å². The van der Waals surface area contributed by atoms with Crippen LogP contribution in [0.15, 0.2) is 48.7 Å². The molecule has 0 aliphatic carbocycles. The molecular weight excluding hydrogens is 464 g/mol. The number of nitrogens with one attached hydrogen (secondary N) is 3. The highest BCUT2D eigenvalue weighted by Gasteiger charge is 2.16. The average molecular weight is 494 g/mol. The van der Waals surface area contributed by atoms with Gasteiger partial charge < -0.3 is 20.9 Å². The highest BCUT2D eigenvalue weighted by atomic mass is 19.1. The minimum Gasteiger partial charge on any atom is -0.373 e. The molecule has 3 amide bonds. The molecule has 188 valence electrons. The SMILES string of the molecule is CNc1cc(N(C=O)C(C)C)c(/C=C(\C)c2cc(NC(=O)Nc3cccc(F)c3)c(F)cc2C)cn1. The molecular formula is C27H29F2N5O2. The molecule has 3 aromatic rings. The quantitative estimate of drug-likeness (QED) is 0.322. The van der Waals surface area contributed by atoms with Crippen molar-refractivity contribution in [1.82, 2.24) is 4.98 Å². The van der Waals surface area contributed by atoms with Crippen molar-refractivity contribution in [1.29, 1.82) is 0 Å². The van der Waals surface area contributed by atoms with E-state index in [1.807, 2.05) is 26.8 Å². The third kappa shape index (κ3) is 6.24. The van der Waals surface area contributed by atoms with E-state index in [1.165, 1.54) is 30.3 Å². The van der Waals surface area contributed by atoms with Gasteiger partial charge in [-0.15, -0.1) is 0 Å². The first-order chi connectivity index (χ1) is 17.1. The molecule has 1 heterocycles. The molecule has 7 nitrogen and oxygen atoms in total. The molecule has 9 heteroatoms. The van der Waals surface area contributed by atoms with E-state index in [1.54, 1.807) is 31.1 Å². The van der Waals surface area contributed by atoms with E-state index >= 15 is 0 Å². The molecule has 1 aromatic heterocycles. The number of aryl methyl sites for hydroxylation is 1. The highest BCUT2D eigenvalue weighted by Crippen LogP contribution is 2.31. The molecule has 0 unspecified atom stereocenters. The van der Waals surface area contributed by atoms with E-state index in [0.717, 1.165) is 18.0 Å². The number of benzene rings is 2. The van der Waals surface area contributed by atoms with Crippen LogP contribution in [-0.4, -0.2) is 30.5 Å². The topological polar surface area (TPSA) is 86.4 Å². The van der Waals surface area contributed by atoms with Gasteiger partial charge in [-0.3, -0.25) is 4.79 Å². The normalized spacial score (nSPS) is 11.3. The zero-order valence-electron chi connectivity index (χ0n) is 20.8. The lowest BCUT2D eigenvalue weighted by molar-refractivity contribution is -0.107. The summed E-state index contributed by atoms with van der Waals surface area (Å²) in [5.41, 5.74) is 3.72. The Morgan fingerprint density at radius 3 is 2.50 bits per heavy atom. The Morgan fingerprint density at radius 1 is 1.11 bits per heavy atom. The van der Waals surface area contributed by atoms with E-state index in [4.69, 9.17) is 0 Å². The van der Waals surface area contributed by atoms with Gasteiger partial charge in [0.2, 0.25) is 6.41 Å². The minimum absolute atomic E-state index is 0.0298. The smallest absolute Gasteiger partial charge is 0.323 e. The zero-order chi connectivity index (χ0) is 26.4. The van der Waals surface area contributed by atoms with Crippen LogP contribution in [0.3, 0.4) is 0 Å². The molecule has 2 aromatic carbocycles. The fraction of sp³-hybridized carbons (Fsp3) is 0.222. The number of allylic oxidation sites excluding steroid dienone is 1. The second kappa shape index (κ2) is 11.4. The van der Waals surface area contributed by atoms with Crippen molar-refractivity contribution < 1.29 is 18.4 Å². The van der Waals surface area contributed by atoms with Crippen molar-refractivity contribution in [3.8, 4) is 0 Å². The molecule has 0 radical (unpaired) electrons. The summed E-state index contributed by atoms with van der Waals surface area (Å²) in [6, 6.07) is 9.27. The summed E-state index contributed by atoms with van der Waals surface area (Å²) >= 11 is 0. The number of pyridine rings is 1. The second-order valence-electron chi connectivity index (χ2n) is 8.55. The molecule has 0 aliphatic heterocycles. The fourth-order valence-corrected chi connectivity index (χ4v) is 3.74. The maximum atomic E-state index is 14.7. The van der Waals surface area contributed by atoms with E-state index in [2.05, 4.69) is 20.9 Å². The average Bonchev–Trinajstić information content (AvgIpc) is 2.81. The number of carbonyl (C=O) groups is 2. The third-order valence-electron chi connectivity index (χ3n) is 5.56. The number of rotatable bonds is 8. The number of aromatic nitrogens is 1. The molecule has 0 aliphatic rings. The van der Waals surface area contributed by atoms with Crippen LogP contribution in [0.2, 0.25) is 0 Å². The predicted molar refractivity (Wildman–Crippen MR) is 141 cm³/mol. The highest BCUT2D eigenvalue weighted by molar-refractivity contribution is 6.00. The van der Waals surface area contributed by atoms with Crippen LogP contribution in [0.1, 0.15) is 37.5 Å². The number of hydrogen-bond acceptors (Lipinski definition) is 4. The molecule has 0 saturated heterocycles. The molecule has 3 N–H and O–H groups in total. The number of halogens is 2. The maximum absolute atomic E-state index is 14.7. The number of urea groups is 1. The summed E-state index contributed by atoms with van der Waals surface area (Å²) in [7, 11) is 1.74. The zero-order valence-corrected chi connectivity index (χ0v) is 20.8. The van der Waals surface area contributed by atoms with E-state index in [0.29, 0.717) is 28.2 Å². The number of nitrogens with zero attached hydrogens (tertiary/aromatic N) is 2. The van der Waals surface area contributed by atoms with E-state index in [-0.39, 0.29) is 17.4 Å². The van der Waals surface area contributed by atoms with Crippen molar-refractivity contribution in [3.63, 3.8) is 0 Å². The van der Waals surface area contributed by atoms with Crippen molar-refractivity contribution in [2.75, 3.05) is 27.9 Å². The van der Waals surface area contributed by atoms with Crippen LogP contribution in [-0.2, 0) is 4.79 Å². The second-order valence-corrected chi connectivity index (χ2v) is 8.55. The first kappa shape index (κ1) is 26.3. The van der Waals surface area contributed by atoms with Crippen LogP contribution >= 0.6 is 0 Å². The maximum Gasteiger partial charge on any atom is 0.323 e. The van der Waals surface area contributed by atoms with Gasteiger partial charge in [-0.05, 0) is 80.8 Å². The van der Waals surface area contributed by atoms with Gasteiger partial charge in [-0.2, -0.15) is 0 Å². The lowest BCUT2D eigenvalue weighted by Gasteiger charge is -2.24. The summed E-state index contributed by atoms with van der Waals surface area (Å²) in [6.45, 7) is 7.44. The summed E-state index contributed by atoms with van der Waals surface area (Å²) in [6.07, 6.45) is 4.29. The van der Waals surface area contributed by atoms with Crippen LogP contribution in [0, 0.1) is 18.6 Å². The largest absolute Gasteiger partial charge is 0.373 e. The molecule has 0 bridgehead atoms.